The minimum Gasteiger partial charge on any atom is -0.497 e. The van der Waals surface area contributed by atoms with Crippen LogP contribution in [0.25, 0.3) is 0 Å². The number of nitrogens with zero attached hydrogens (tertiary/aromatic N) is 1. The maximum absolute atomic E-state index is 9.92. The Hall–Kier alpha value is -1.48. The SMILES string of the molecule is C=CCN1CC[C@H](O)c2ccc(OC)cc21. The van der Waals surface area contributed by atoms with Crippen LogP contribution in [0.5, 0.6) is 5.75 Å². The molecule has 0 amide bonds. The lowest BCUT2D eigenvalue weighted by molar-refractivity contribution is 0.164. The van der Waals surface area contributed by atoms with Crippen molar-refractivity contribution in [2.45, 2.75) is 12.5 Å². The van der Waals surface area contributed by atoms with E-state index in [2.05, 4.69) is 11.5 Å². The van der Waals surface area contributed by atoms with Crippen molar-refractivity contribution in [1.82, 2.24) is 0 Å². The Balaban J connectivity index is 2.40. The number of fused-ring (bicyclic) bond motifs is 1. The molecule has 1 heterocycles. The number of methoxy groups -OCH3 is 1. The van der Waals surface area contributed by atoms with E-state index in [4.69, 9.17) is 4.74 Å². The lowest BCUT2D eigenvalue weighted by Crippen LogP contribution is -2.31. The van der Waals surface area contributed by atoms with Crippen LogP contribution in [0.4, 0.5) is 5.69 Å². The molecule has 1 N–H and O–H groups in total. The molecule has 0 bridgehead atoms. The zero-order valence-corrected chi connectivity index (χ0v) is 9.52. The minimum absolute atomic E-state index is 0.359. The summed E-state index contributed by atoms with van der Waals surface area (Å²) in [5, 5.41) is 9.92. The molecule has 1 aliphatic heterocycles. The van der Waals surface area contributed by atoms with Crippen molar-refractivity contribution in [3.8, 4) is 5.75 Å². The van der Waals surface area contributed by atoms with E-state index >= 15 is 0 Å². The summed E-state index contributed by atoms with van der Waals surface area (Å²) in [6.07, 6.45) is 2.29. The Kier molecular flexibility index (Phi) is 3.15. The van der Waals surface area contributed by atoms with Crippen LogP contribution >= 0.6 is 0 Å². The number of hydrogen-bond donors (Lipinski definition) is 1. The number of hydrogen-bond acceptors (Lipinski definition) is 3. The summed E-state index contributed by atoms with van der Waals surface area (Å²) in [7, 11) is 1.65. The van der Waals surface area contributed by atoms with Crippen molar-refractivity contribution >= 4 is 5.69 Å². The molecular weight excluding hydrogens is 202 g/mol. The first-order valence-electron chi connectivity index (χ1n) is 5.48. The summed E-state index contributed by atoms with van der Waals surface area (Å²) in [4.78, 5) is 2.21. The van der Waals surface area contributed by atoms with Crippen molar-refractivity contribution in [3.05, 3.63) is 36.4 Å². The second-order valence-corrected chi connectivity index (χ2v) is 3.96. The Morgan fingerprint density at radius 1 is 1.62 bits per heavy atom. The van der Waals surface area contributed by atoms with E-state index in [9.17, 15) is 5.11 Å². The van der Waals surface area contributed by atoms with Crippen LogP contribution in [0.2, 0.25) is 0 Å². The van der Waals surface area contributed by atoms with Crippen LogP contribution in [0, 0.1) is 0 Å². The molecule has 1 aromatic carbocycles. The van der Waals surface area contributed by atoms with Crippen molar-refractivity contribution in [3.63, 3.8) is 0 Å². The predicted molar refractivity (Wildman–Crippen MR) is 65.0 cm³/mol. The predicted octanol–water partition coefficient (Wildman–Crippen LogP) is 2.12. The van der Waals surface area contributed by atoms with Gasteiger partial charge in [0.2, 0.25) is 0 Å². The largest absolute Gasteiger partial charge is 0.497 e. The number of rotatable bonds is 3. The number of anilines is 1. The molecule has 0 saturated carbocycles. The summed E-state index contributed by atoms with van der Waals surface area (Å²) < 4.78 is 5.21. The molecule has 2 rings (SSSR count). The van der Waals surface area contributed by atoms with Gasteiger partial charge >= 0.3 is 0 Å². The highest BCUT2D eigenvalue weighted by molar-refractivity contribution is 5.60. The van der Waals surface area contributed by atoms with Gasteiger partial charge in [0.1, 0.15) is 5.75 Å². The van der Waals surface area contributed by atoms with Gasteiger partial charge in [-0.15, -0.1) is 6.58 Å². The van der Waals surface area contributed by atoms with Crippen LogP contribution in [-0.2, 0) is 0 Å². The zero-order chi connectivity index (χ0) is 11.5. The van der Waals surface area contributed by atoms with Gasteiger partial charge in [-0.2, -0.15) is 0 Å². The molecule has 86 valence electrons. The van der Waals surface area contributed by atoms with Crippen molar-refractivity contribution in [2.75, 3.05) is 25.1 Å². The molecule has 0 unspecified atom stereocenters. The molecule has 16 heavy (non-hydrogen) atoms. The van der Waals surface area contributed by atoms with Crippen LogP contribution < -0.4 is 9.64 Å². The summed E-state index contributed by atoms with van der Waals surface area (Å²) in [6, 6.07) is 5.80. The summed E-state index contributed by atoms with van der Waals surface area (Å²) in [5.41, 5.74) is 2.03. The first-order valence-corrected chi connectivity index (χ1v) is 5.48. The first kappa shape index (κ1) is 11.0. The lowest BCUT2D eigenvalue weighted by Gasteiger charge is -2.33. The molecule has 1 aliphatic rings. The van der Waals surface area contributed by atoms with Gasteiger partial charge in [0.15, 0.2) is 0 Å². The second kappa shape index (κ2) is 4.58. The van der Waals surface area contributed by atoms with Gasteiger partial charge in [0.25, 0.3) is 0 Å². The maximum Gasteiger partial charge on any atom is 0.120 e. The van der Waals surface area contributed by atoms with E-state index in [1.807, 2.05) is 24.3 Å². The third kappa shape index (κ3) is 1.91. The monoisotopic (exact) mass is 219 g/mol. The Bertz CT molecular complexity index is 390. The van der Waals surface area contributed by atoms with Gasteiger partial charge in [-0.3, -0.25) is 0 Å². The molecule has 0 aliphatic carbocycles. The van der Waals surface area contributed by atoms with Crippen molar-refractivity contribution in [2.24, 2.45) is 0 Å². The quantitative estimate of drug-likeness (QED) is 0.790. The van der Waals surface area contributed by atoms with Gasteiger partial charge in [-0.1, -0.05) is 12.1 Å². The van der Waals surface area contributed by atoms with Crippen LogP contribution in [-0.4, -0.2) is 25.3 Å². The zero-order valence-electron chi connectivity index (χ0n) is 9.52. The van der Waals surface area contributed by atoms with E-state index < -0.39 is 0 Å². The van der Waals surface area contributed by atoms with Crippen LogP contribution in [0.1, 0.15) is 18.1 Å². The fourth-order valence-electron chi connectivity index (χ4n) is 2.11. The summed E-state index contributed by atoms with van der Waals surface area (Å²) >= 11 is 0. The standard InChI is InChI=1S/C13H17NO2/c1-3-7-14-8-6-13(15)11-5-4-10(16-2)9-12(11)14/h3-5,9,13,15H,1,6-8H2,2H3/t13-/m0/s1. The lowest BCUT2D eigenvalue weighted by atomic mass is 9.98. The number of ether oxygens (including phenoxy) is 1. The Morgan fingerprint density at radius 2 is 2.44 bits per heavy atom. The van der Waals surface area contributed by atoms with Crippen LogP contribution in [0.15, 0.2) is 30.9 Å². The molecule has 0 spiro atoms. The molecule has 3 heteroatoms. The summed E-state index contributed by atoms with van der Waals surface area (Å²) in [5.74, 6) is 0.821. The van der Waals surface area contributed by atoms with Gasteiger partial charge in [-0.25, -0.2) is 0 Å². The van der Waals surface area contributed by atoms with Crippen molar-refractivity contribution in [1.29, 1.82) is 0 Å². The Labute approximate surface area is 96.0 Å². The average molecular weight is 219 g/mol. The highest BCUT2D eigenvalue weighted by Crippen LogP contribution is 2.36. The van der Waals surface area contributed by atoms with E-state index in [0.717, 1.165) is 36.5 Å². The highest BCUT2D eigenvalue weighted by atomic mass is 16.5. The average Bonchev–Trinajstić information content (AvgIpc) is 2.32. The highest BCUT2D eigenvalue weighted by Gasteiger charge is 2.23. The van der Waals surface area contributed by atoms with Crippen LogP contribution in [0.3, 0.4) is 0 Å². The van der Waals surface area contributed by atoms with E-state index in [1.165, 1.54) is 0 Å². The minimum atomic E-state index is -0.359. The van der Waals surface area contributed by atoms with Crippen molar-refractivity contribution < 1.29 is 9.84 Å². The van der Waals surface area contributed by atoms with Gasteiger partial charge in [0, 0.05) is 30.4 Å². The van der Waals surface area contributed by atoms with Gasteiger partial charge in [-0.05, 0) is 12.5 Å². The molecule has 0 radical (unpaired) electrons. The number of aliphatic hydroxyl groups is 1. The molecule has 1 aromatic rings. The van der Waals surface area contributed by atoms with Gasteiger partial charge < -0.3 is 14.7 Å². The second-order valence-electron chi connectivity index (χ2n) is 3.96. The molecule has 0 aromatic heterocycles. The maximum atomic E-state index is 9.92. The summed E-state index contributed by atoms with van der Waals surface area (Å²) in [6.45, 7) is 5.41. The molecule has 0 fully saturated rings. The smallest absolute Gasteiger partial charge is 0.120 e. The molecule has 0 saturated heterocycles. The van der Waals surface area contributed by atoms with E-state index in [-0.39, 0.29) is 6.10 Å². The third-order valence-corrected chi connectivity index (χ3v) is 2.96. The van der Waals surface area contributed by atoms with E-state index in [0.29, 0.717) is 0 Å². The number of benzene rings is 1. The molecular formula is C13H17NO2. The fourth-order valence-corrected chi connectivity index (χ4v) is 2.11. The normalized spacial score (nSPS) is 19.1. The first-order chi connectivity index (χ1) is 7.76. The topological polar surface area (TPSA) is 32.7 Å². The Morgan fingerprint density at radius 3 is 3.12 bits per heavy atom. The fraction of sp³-hybridized carbons (Fsp3) is 0.385. The molecule has 1 atom stereocenters. The third-order valence-electron chi connectivity index (χ3n) is 2.96. The van der Waals surface area contributed by atoms with E-state index in [1.54, 1.807) is 7.11 Å². The van der Waals surface area contributed by atoms with Gasteiger partial charge in [0.05, 0.1) is 13.2 Å². The number of aliphatic hydroxyl groups excluding tert-OH is 1. The molecule has 3 nitrogen and oxygen atoms in total.